The fourth-order valence-electron chi connectivity index (χ4n) is 2.69. The molecule has 0 aromatic carbocycles. The molecule has 1 aliphatic rings. The van der Waals surface area contributed by atoms with E-state index in [1.54, 1.807) is 12.4 Å². The van der Waals surface area contributed by atoms with Crippen LogP contribution in [0.2, 0.25) is 0 Å². The summed E-state index contributed by atoms with van der Waals surface area (Å²) in [5, 5.41) is 1.35. The van der Waals surface area contributed by atoms with Gasteiger partial charge in [0.1, 0.15) is 12.0 Å². The van der Waals surface area contributed by atoms with E-state index in [1.165, 1.54) is 19.2 Å². The van der Waals surface area contributed by atoms with Crippen molar-refractivity contribution in [2.24, 2.45) is 0 Å². The molecule has 3 heterocycles. The predicted octanol–water partition coefficient (Wildman–Crippen LogP) is 2.32. The third kappa shape index (κ3) is 2.52. The van der Waals surface area contributed by atoms with Crippen LogP contribution in [0.3, 0.4) is 0 Å². The van der Waals surface area contributed by atoms with E-state index in [1.807, 2.05) is 16.7 Å². The molecular weight excluding hydrogens is 272 g/mol. The summed E-state index contributed by atoms with van der Waals surface area (Å²) in [6, 6.07) is 0. The molecule has 1 fully saturated rings. The first-order valence-electron chi connectivity index (χ1n) is 6.88. The van der Waals surface area contributed by atoms with E-state index in [0.29, 0.717) is 10.8 Å². The molecule has 20 heavy (non-hydrogen) atoms. The van der Waals surface area contributed by atoms with Gasteiger partial charge in [0.05, 0.1) is 5.56 Å². The summed E-state index contributed by atoms with van der Waals surface area (Å²) >= 11 is 1.85. The van der Waals surface area contributed by atoms with E-state index in [9.17, 15) is 4.79 Å². The number of fused-ring (bicyclic) bond motifs is 1. The standard InChI is InChI=1S/C14H18N4OS/c1-20-10-4-2-3-5-18(8-10)14(19)12-7-16-13-11(12)6-15-9-17-13/h6-7,9-10H,2-5,8H2,1H3,(H,15,16,17). The van der Waals surface area contributed by atoms with Gasteiger partial charge in [0.2, 0.25) is 0 Å². The van der Waals surface area contributed by atoms with Crippen LogP contribution < -0.4 is 0 Å². The summed E-state index contributed by atoms with van der Waals surface area (Å²) in [6.07, 6.45) is 10.5. The van der Waals surface area contributed by atoms with Gasteiger partial charge >= 0.3 is 0 Å². The summed E-state index contributed by atoms with van der Waals surface area (Å²) in [5.41, 5.74) is 1.40. The largest absolute Gasteiger partial charge is 0.345 e. The van der Waals surface area contributed by atoms with Crippen LogP contribution in [0.25, 0.3) is 11.0 Å². The van der Waals surface area contributed by atoms with Gasteiger partial charge in [-0.25, -0.2) is 9.97 Å². The maximum Gasteiger partial charge on any atom is 0.256 e. The number of rotatable bonds is 2. The fraction of sp³-hybridized carbons (Fsp3) is 0.500. The smallest absolute Gasteiger partial charge is 0.256 e. The van der Waals surface area contributed by atoms with Crippen molar-refractivity contribution in [2.45, 2.75) is 24.5 Å². The van der Waals surface area contributed by atoms with Crippen LogP contribution in [0.15, 0.2) is 18.7 Å². The monoisotopic (exact) mass is 290 g/mol. The highest BCUT2D eigenvalue weighted by molar-refractivity contribution is 7.99. The second-order valence-corrected chi connectivity index (χ2v) is 6.23. The van der Waals surface area contributed by atoms with E-state index in [-0.39, 0.29) is 5.91 Å². The summed E-state index contributed by atoms with van der Waals surface area (Å²) in [6.45, 7) is 1.68. The van der Waals surface area contributed by atoms with Gasteiger partial charge in [0, 0.05) is 36.1 Å². The molecule has 1 saturated heterocycles. The lowest BCUT2D eigenvalue weighted by atomic mass is 10.2. The normalized spacial score (nSPS) is 20.1. The Hall–Kier alpha value is -1.56. The molecule has 0 saturated carbocycles. The maximum atomic E-state index is 12.7. The average molecular weight is 290 g/mol. The van der Waals surface area contributed by atoms with E-state index < -0.39 is 0 Å². The number of aromatic nitrogens is 3. The molecule has 1 N–H and O–H groups in total. The highest BCUT2D eigenvalue weighted by atomic mass is 32.2. The van der Waals surface area contributed by atoms with Crippen LogP contribution in [0, 0.1) is 0 Å². The zero-order valence-corrected chi connectivity index (χ0v) is 12.3. The second kappa shape index (κ2) is 5.83. The Morgan fingerprint density at radius 1 is 1.50 bits per heavy atom. The highest BCUT2D eigenvalue weighted by Crippen LogP contribution is 2.23. The van der Waals surface area contributed by atoms with Gasteiger partial charge in [0.25, 0.3) is 5.91 Å². The number of aromatic amines is 1. The van der Waals surface area contributed by atoms with Crippen molar-refractivity contribution in [3.05, 3.63) is 24.3 Å². The summed E-state index contributed by atoms with van der Waals surface area (Å²) in [5.74, 6) is 0.0898. The first-order chi connectivity index (χ1) is 9.79. The maximum absolute atomic E-state index is 12.7. The quantitative estimate of drug-likeness (QED) is 0.922. The number of nitrogens with zero attached hydrogens (tertiary/aromatic N) is 3. The molecule has 2 aromatic heterocycles. The van der Waals surface area contributed by atoms with Crippen LogP contribution in [-0.2, 0) is 0 Å². The van der Waals surface area contributed by atoms with Crippen LogP contribution in [0.1, 0.15) is 29.6 Å². The van der Waals surface area contributed by atoms with Gasteiger partial charge in [0.15, 0.2) is 0 Å². The number of carbonyl (C=O) groups is 1. The lowest BCUT2D eigenvalue weighted by Gasteiger charge is -2.23. The molecule has 1 atom stereocenters. The average Bonchev–Trinajstić information content (AvgIpc) is 2.76. The number of likely N-dealkylation sites (tertiary alicyclic amines) is 1. The molecule has 0 spiro atoms. The summed E-state index contributed by atoms with van der Waals surface area (Å²) in [4.78, 5) is 25.9. The van der Waals surface area contributed by atoms with Crippen molar-refractivity contribution >= 4 is 28.7 Å². The minimum absolute atomic E-state index is 0.0898. The minimum atomic E-state index is 0.0898. The van der Waals surface area contributed by atoms with E-state index >= 15 is 0 Å². The predicted molar refractivity (Wildman–Crippen MR) is 80.9 cm³/mol. The van der Waals surface area contributed by atoms with Crippen molar-refractivity contribution in [3.63, 3.8) is 0 Å². The molecular formula is C14H18N4OS. The van der Waals surface area contributed by atoms with Gasteiger partial charge in [-0.1, -0.05) is 6.42 Å². The number of H-pyrrole nitrogens is 1. The molecule has 0 bridgehead atoms. The van der Waals surface area contributed by atoms with E-state index in [0.717, 1.165) is 30.5 Å². The van der Waals surface area contributed by atoms with E-state index in [4.69, 9.17) is 0 Å². The van der Waals surface area contributed by atoms with Gasteiger partial charge in [-0.05, 0) is 19.1 Å². The van der Waals surface area contributed by atoms with Crippen LogP contribution in [0.5, 0.6) is 0 Å². The molecule has 1 amide bonds. The number of carbonyl (C=O) groups excluding carboxylic acids is 1. The fourth-order valence-corrected chi connectivity index (χ4v) is 3.42. The first kappa shape index (κ1) is 13.4. The Labute approximate surface area is 122 Å². The first-order valence-corrected chi connectivity index (χ1v) is 8.17. The van der Waals surface area contributed by atoms with Crippen molar-refractivity contribution < 1.29 is 4.79 Å². The topological polar surface area (TPSA) is 61.9 Å². The molecule has 1 unspecified atom stereocenters. The van der Waals surface area contributed by atoms with Crippen LogP contribution >= 0.6 is 11.8 Å². The van der Waals surface area contributed by atoms with Gasteiger partial charge in [-0.15, -0.1) is 0 Å². The molecule has 106 valence electrons. The van der Waals surface area contributed by atoms with Crippen molar-refractivity contribution in [1.82, 2.24) is 19.9 Å². The zero-order valence-electron chi connectivity index (χ0n) is 11.5. The molecule has 6 heteroatoms. The SMILES string of the molecule is CSC1CCCCN(C(=O)c2c[nH]c3ncncc23)C1. The highest BCUT2D eigenvalue weighted by Gasteiger charge is 2.24. The summed E-state index contributed by atoms with van der Waals surface area (Å²) in [7, 11) is 0. The Balaban J connectivity index is 1.87. The number of thioether (sulfide) groups is 1. The second-order valence-electron chi connectivity index (χ2n) is 5.09. The van der Waals surface area contributed by atoms with E-state index in [2.05, 4.69) is 21.2 Å². The Kier molecular flexibility index (Phi) is 3.91. The molecule has 5 nitrogen and oxygen atoms in total. The van der Waals surface area contributed by atoms with Gasteiger partial charge < -0.3 is 9.88 Å². The van der Waals surface area contributed by atoms with Gasteiger partial charge in [-0.3, -0.25) is 4.79 Å². The van der Waals surface area contributed by atoms with Crippen molar-refractivity contribution in [1.29, 1.82) is 0 Å². The number of hydrogen-bond donors (Lipinski definition) is 1. The van der Waals surface area contributed by atoms with Gasteiger partial charge in [-0.2, -0.15) is 11.8 Å². The molecule has 2 aromatic rings. The summed E-state index contributed by atoms with van der Waals surface area (Å²) < 4.78 is 0. The third-order valence-electron chi connectivity index (χ3n) is 3.83. The Morgan fingerprint density at radius 3 is 3.25 bits per heavy atom. The van der Waals surface area contributed by atoms with Crippen molar-refractivity contribution in [2.75, 3.05) is 19.3 Å². The zero-order chi connectivity index (χ0) is 13.9. The molecule has 3 rings (SSSR count). The lowest BCUT2D eigenvalue weighted by Crippen LogP contribution is -2.35. The molecule has 0 radical (unpaired) electrons. The lowest BCUT2D eigenvalue weighted by molar-refractivity contribution is 0.0765. The number of amides is 1. The van der Waals surface area contributed by atoms with Crippen LogP contribution in [-0.4, -0.2) is 50.4 Å². The Bertz CT molecular complexity index is 612. The third-order valence-corrected chi connectivity index (χ3v) is 4.89. The Morgan fingerprint density at radius 2 is 2.40 bits per heavy atom. The van der Waals surface area contributed by atoms with Crippen molar-refractivity contribution in [3.8, 4) is 0 Å². The number of hydrogen-bond acceptors (Lipinski definition) is 4. The van der Waals surface area contributed by atoms with Crippen LogP contribution in [0.4, 0.5) is 0 Å². The molecule has 1 aliphatic heterocycles. The number of nitrogens with one attached hydrogen (secondary N) is 1. The molecule has 0 aliphatic carbocycles. The minimum Gasteiger partial charge on any atom is -0.345 e.